The smallest absolute Gasteiger partial charge is 0.311 e. The molecule has 0 radical (unpaired) electrons. The predicted octanol–water partition coefficient (Wildman–Crippen LogP) is 6.59. The molecule has 6 rings (SSSR count). The number of Topliss-reactive ketones (excluding diaryl/α,β-unsaturated/α-hetero) is 1. The number of nitrogens with zero attached hydrogens (tertiary/aromatic N) is 2. The molecule has 0 spiro atoms. The van der Waals surface area contributed by atoms with E-state index in [4.69, 9.17) is 37.9 Å². The Balaban J connectivity index is 1.30. The number of ether oxygens (including phenoxy) is 8. The molecule has 83 heavy (non-hydrogen) atoms. The first-order valence-electron chi connectivity index (χ1n) is 29.0. The summed E-state index contributed by atoms with van der Waals surface area (Å²) in [5.41, 5.74) is -1.80. The summed E-state index contributed by atoms with van der Waals surface area (Å²) in [5, 5.41) is 39.8. The molecule has 0 aliphatic carbocycles. The number of sulfone groups is 1. The van der Waals surface area contributed by atoms with E-state index in [9.17, 15) is 37.7 Å². The SMILES string of the molecule is CC[C@H]1OC(=O)[C@H](C)[C@@H](O[C@H]2CC(C)(OC)[C@@H](O)[C@H](C)O2)[C@H](C)[C@@H](O[C@@H]2O[C@H](C)C[C@H](N(C)CCC(=O)N[C@H](CF)Cc3ccc(S(C)(=O)=O)cc3)[C@H]2O)C(C)(OC)C[C@@H](C)C(=O)[C@H](C)[C@@H](O)C1(C)OC/C=C/c1ccnc2ccccc12. The number of ketones is 1. The van der Waals surface area contributed by atoms with Crippen molar-refractivity contribution in [3.05, 3.63) is 78.0 Å². The predicted molar refractivity (Wildman–Crippen MR) is 310 cm³/mol. The van der Waals surface area contributed by atoms with E-state index in [-0.39, 0.29) is 55.9 Å². The number of alkyl halides is 1. The molecule has 0 saturated carbocycles. The molecule has 3 fully saturated rings. The fraction of sp³-hybridized carbons (Fsp3) is 0.677. The molecule has 21 heteroatoms. The number of benzene rings is 2. The third-order valence-electron chi connectivity index (χ3n) is 17.7. The zero-order valence-electron chi connectivity index (χ0n) is 50.9. The number of carbonyl (C=O) groups is 3. The molecule has 2 aromatic carbocycles. The minimum atomic E-state index is -3.42. The number of carbonyl (C=O) groups excluding carboxylic acids is 3. The Kier molecular flexibility index (Phi) is 23.6. The van der Waals surface area contributed by atoms with Crippen LogP contribution in [0.5, 0.6) is 0 Å². The van der Waals surface area contributed by atoms with Crippen LogP contribution in [0.1, 0.15) is 112 Å². The summed E-state index contributed by atoms with van der Waals surface area (Å²) in [6.07, 6.45) is -3.66. The van der Waals surface area contributed by atoms with Gasteiger partial charge >= 0.3 is 5.97 Å². The molecule has 4 heterocycles. The van der Waals surface area contributed by atoms with Crippen LogP contribution in [-0.4, -0.2) is 189 Å². The first-order chi connectivity index (χ1) is 39.0. The lowest BCUT2D eigenvalue weighted by Crippen LogP contribution is -2.62. The van der Waals surface area contributed by atoms with E-state index >= 15 is 4.79 Å². The lowest BCUT2D eigenvalue weighted by molar-refractivity contribution is -0.319. The molecule has 3 aromatic rings. The molecule has 1 amide bonds. The van der Waals surface area contributed by atoms with Crippen molar-refractivity contribution in [2.45, 2.75) is 203 Å². The van der Waals surface area contributed by atoms with Crippen LogP contribution < -0.4 is 5.32 Å². The van der Waals surface area contributed by atoms with Gasteiger partial charge in [0.25, 0.3) is 0 Å². The van der Waals surface area contributed by atoms with Gasteiger partial charge in [0.1, 0.15) is 36.4 Å². The van der Waals surface area contributed by atoms with Crippen molar-refractivity contribution >= 4 is 44.5 Å². The summed E-state index contributed by atoms with van der Waals surface area (Å²) >= 11 is 0. The zero-order chi connectivity index (χ0) is 61.4. The number of halogens is 1. The van der Waals surface area contributed by atoms with Gasteiger partial charge < -0.3 is 63.4 Å². The molecule has 3 aliphatic heterocycles. The quantitative estimate of drug-likeness (QED) is 0.0872. The van der Waals surface area contributed by atoms with Gasteiger partial charge in [-0.05, 0) is 110 Å². The first-order valence-corrected chi connectivity index (χ1v) is 30.9. The number of amides is 1. The Bertz CT molecular complexity index is 2770. The van der Waals surface area contributed by atoms with E-state index in [0.717, 1.165) is 22.7 Å². The van der Waals surface area contributed by atoms with Crippen molar-refractivity contribution in [2.75, 3.05) is 47.3 Å². The van der Waals surface area contributed by atoms with Crippen molar-refractivity contribution in [1.29, 1.82) is 0 Å². The lowest BCUT2D eigenvalue weighted by atomic mass is 9.73. The molecule has 1 aromatic heterocycles. The zero-order valence-corrected chi connectivity index (χ0v) is 51.7. The van der Waals surface area contributed by atoms with Crippen molar-refractivity contribution in [3.8, 4) is 0 Å². The largest absolute Gasteiger partial charge is 0.459 e. The second-order valence-corrected chi connectivity index (χ2v) is 26.0. The number of aromatic nitrogens is 1. The highest BCUT2D eigenvalue weighted by Crippen LogP contribution is 2.42. The number of fused-ring (bicyclic) bond motifs is 1. The second-order valence-electron chi connectivity index (χ2n) is 24.0. The van der Waals surface area contributed by atoms with Crippen LogP contribution in [0.4, 0.5) is 4.39 Å². The Morgan fingerprint density at radius 1 is 0.916 bits per heavy atom. The molecule has 4 N–H and O–H groups in total. The number of aliphatic hydroxyl groups is 3. The highest BCUT2D eigenvalue weighted by molar-refractivity contribution is 7.90. The van der Waals surface area contributed by atoms with E-state index < -0.39 is 142 Å². The number of esters is 1. The fourth-order valence-corrected chi connectivity index (χ4v) is 13.0. The Labute approximate surface area is 490 Å². The van der Waals surface area contributed by atoms with Crippen molar-refractivity contribution in [2.24, 2.45) is 23.7 Å². The van der Waals surface area contributed by atoms with Crippen LogP contribution in [0.15, 0.2) is 71.8 Å². The molecule has 19 atom stereocenters. The summed E-state index contributed by atoms with van der Waals surface area (Å²) < 4.78 is 90.4. The van der Waals surface area contributed by atoms with Gasteiger partial charge in [0.05, 0.1) is 70.7 Å². The van der Waals surface area contributed by atoms with Gasteiger partial charge in [-0.2, -0.15) is 0 Å². The van der Waals surface area contributed by atoms with Crippen LogP contribution >= 0.6 is 0 Å². The van der Waals surface area contributed by atoms with Gasteiger partial charge in [0.2, 0.25) is 5.91 Å². The molecule has 3 saturated heterocycles. The number of hydrogen-bond acceptors (Lipinski definition) is 18. The summed E-state index contributed by atoms with van der Waals surface area (Å²) in [5.74, 6) is -5.27. The number of likely N-dealkylation sites (N-methyl/N-ethyl adjacent to an activating group) is 1. The third-order valence-corrected chi connectivity index (χ3v) is 18.8. The number of methoxy groups -OCH3 is 2. The Hall–Kier alpha value is -4.36. The topological polar surface area (TPSA) is 248 Å². The summed E-state index contributed by atoms with van der Waals surface area (Å²) in [6.45, 7) is 16.6. The molecule has 464 valence electrons. The van der Waals surface area contributed by atoms with Crippen LogP contribution in [0, 0.1) is 23.7 Å². The number of pyridine rings is 1. The van der Waals surface area contributed by atoms with E-state index in [1.165, 1.54) is 26.4 Å². The van der Waals surface area contributed by atoms with Crippen LogP contribution in [0.25, 0.3) is 17.0 Å². The Morgan fingerprint density at radius 3 is 2.23 bits per heavy atom. The molecule has 3 unspecified atom stereocenters. The number of cyclic esters (lactones) is 1. The Morgan fingerprint density at radius 2 is 1.59 bits per heavy atom. The lowest BCUT2D eigenvalue weighted by Gasteiger charge is -2.50. The molecule has 3 aliphatic rings. The summed E-state index contributed by atoms with van der Waals surface area (Å²) in [7, 11) is 1.30. The maximum absolute atomic E-state index is 15.1. The van der Waals surface area contributed by atoms with Gasteiger partial charge in [0.15, 0.2) is 22.4 Å². The van der Waals surface area contributed by atoms with E-state index in [2.05, 4.69) is 10.3 Å². The maximum Gasteiger partial charge on any atom is 0.311 e. The third kappa shape index (κ3) is 16.2. The number of para-hydroxylation sites is 1. The van der Waals surface area contributed by atoms with Crippen molar-refractivity contribution in [3.63, 3.8) is 0 Å². The van der Waals surface area contributed by atoms with Crippen LogP contribution in [0.3, 0.4) is 0 Å². The molecular formula is C62H92FN3O16S. The normalized spacial score (nSPS) is 35.7. The van der Waals surface area contributed by atoms with Crippen molar-refractivity contribution in [1.82, 2.24) is 15.2 Å². The number of hydrogen-bond donors (Lipinski definition) is 4. The standard InChI is InChI=1S/C62H92FN3O16S/c1-15-49-62(10,77-30-18-19-43-26-28-64-47-21-17-16-20-46(43)47)55(70)38(4)52(68)36(2)33-61(9,76-13)57(39(5)54(40(6)58(72)80-49)81-51-34-60(8,75-12)56(71)41(7)79-51)82-59-53(69)48(31-37(3)78-59)66(11)29-27-50(67)65-44(35-63)32-42-22-24-45(25-23-42)83(14,73)74/h16-26,28,36-41,44,48-49,51,53-57,59,69-71H,15,27,29-35H2,1-14H3,(H,65,67)/b19-18+/t36-,37-,38+,39+,40-,41+,44+,48+,49-,51+,53-,54+,55-,56+,57-,59+,60?,61?,62?/m1/s1. The highest BCUT2D eigenvalue weighted by atomic mass is 32.2. The van der Waals surface area contributed by atoms with Gasteiger partial charge in [-0.25, -0.2) is 12.8 Å². The highest BCUT2D eigenvalue weighted by Gasteiger charge is 2.55. The summed E-state index contributed by atoms with van der Waals surface area (Å²) in [6, 6.07) is 14.2. The van der Waals surface area contributed by atoms with E-state index in [0.29, 0.717) is 12.0 Å². The average Bonchev–Trinajstić information content (AvgIpc) is 3.64. The van der Waals surface area contributed by atoms with Gasteiger partial charge in [-0.3, -0.25) is 19.4 Å². The molecule has 19 nitrogen and oxygen atoms in total. The summed E-state index contributed by atoms with van der Waals surface area (Å²) in [4.78, 5) is 49.8. The number of aliphatic hydroxyl groups excluding tert-OH is 3. The number of rotatable bonds is 20. The minimum Gasteiger partial charge on any atom is -0.459 e. The van der Waals surface area contributed by atoms with Crippen LogP contribution in [-0.2, 0) is 68.5 Å². The first kappa shape index (κ1) is 67.8. The monoisotopic (exact) mass is 1190 g/mol. The average molecular weight is 1190 g/mol. The van der Waals surface area contributed by atoms with Gasteiger partial charge in [0, 0.05) is 75.2 Å². The maximum atomic E-state index is 15.1. The van der Waals surface area contributed by atoms with E-state index in [1.54, 1.807) is 86.8 Å². The van der Waals surface area contributed by atoms with Gasteiger partial charge in [-0.15, -0.1) is 0 Å². The van der Waals surface area contributed by atoms with E-state index in [1.807, 2.05) is 55.2 Å². The number of nitrogens with one attached hydrogen (secondary N) is 1. The molecule has 0 bridgehead atoms. The minimum absolute atomic E-state index is 0.0187. The fourth-order valence-electron chi connectivity index (χ4n) is 12.4. The van der Waals surface area contributed by atoms with Crippen LogP contribution in [0.2, 0.25) is 0 Å². The van der Waals surface area contributed by atoms with Gasteiger partial charge in [-0.1, -0.05) is 70.2 Å². The van der Waals surface area contributed by atoms with Crippen molar-refractivity contribution < 1.29 is 80.4 Å². The second kappa shape index (κ2) is 28.9. The molecular weight excluding hydrogens is 1090 g/mol.